The van der Waals surface area contributed by atoms with Crippen LogP contribution in [0.25, 0.3) is 101 Å². The molecule has 9 aromatic heterocycles. The highest BCUT2D eigenvalue weighted by atomic mass is 32.2. The van der Waals surface area contributed by atoms with Crippen molar-refractivity contribution in [1.29, 1.82) is 0 Å². The van der Waals surface area contributed by atoms with Crippen molar-refractivity contribution >= 4 is 80.0 Å². The van der Waals surface area contributed by atoms with E-state index in [2.05, 4.69) is 142 Å². The number of amides is 4. The number of nitrogens with one attached hydrogen (secondary N) is 7. The lowest BCUT2D eigenvalue weighted by Gasteiger charge is -2.34. The maximum atomic E-state index is 12.0. The van der Waals surface area contributed by atoms with Gasteiger partial charge < -0.3 is 34.6 Å². The van der Waals surface area contributed by atoms with E-state index in [1.54, 1.807) is 69.2 Å². The zero-order chi connectivity index (χ0) is 73.6. The van der Waals surface area contributed by atoms with E-state index >= 15 is 0 Å². The number of piperazine rings is 2. The summed E-state index contributed by atoms with van der Waals surface area (Å²) in [6.07, 6.45) is 17.4. The first-order valence-electron chi connectivity index (χ1n) is 36.0. The summed E-state index contributed by atoms with van der Waals surface area (Å²) < 4.78 is 21.5. The number of carbonyl (C=O) groups is 3. The zero-order valence-corrected chi connectivity index (χ0v) is 60.9. The number of rotatable bonds is 19. The highest BCUT2D eigenvalue weighted by molar-refractivity contribution is 7.85. The Labute approximate surface area is 619 Å². The van der Waals surface area contributed by atoms with Crippen LogP contribution in [0.5, 0.6) is 0 Å². The lowest BCUT2D eigenvalue weighted by molar-refractivity contribution is 0.120. The molecule has 550 valence electrons. The summed E-state index contributed by atoms with van der Waals surface area (Å²) in [4.78, 5) is 112. The van der Waals surface area contributed by atoms with Crippen molar-refractivity contribution in [1.82, 2.24) is 105 Å². The Bertz CT molecular complexity index is 5020. The number of urea groups is 1. The number of likely N-dealkylation sites (N-methyl/N-ethyl adjacent to an activating group) is 1. The molecule has 3 aliphatic heterocycles. The van der Waals surface area contributed by atoms with Crippen LogP contribution >= 0.6 is 0 Å². The van der Waals surface area contributed by atoms with E-state index in [1.807, 2.05) is 74.0 Å². The average molecular weight is 1460 g/mol. The van der Waals surface area contributed by atoms with Crippen LogP contribution in [0.3, 0.4) is 0 Å². The number of hydrogen-bond donors (Lipinski definition) is 7. The molecule has 1 aliphatic carbocycles. The van der Waals surface area contributed by atoms with Crippen LogP contribution in [0.4, 0.5) is 32.2 Å². The van der Waals surface area contributed by atoms with Gasteiger partial charge in [0.05, 0.1) is 46.8 Å². The van der Waals surface area contributed by atoms with Crippen molar-refractivity contribution in [3.05, 3.63) is 164 Å². The highest BCUT2D eigenvalue weighted by Crippen LogP contribution is 2.36. The molecule has 12 heterocycles. The van der Waals surface area contributed by atoms with Crippen molar-refractivity contribution in [2.45, 2.75) is 59.3 Å². The van der Waals surface area contributed by atoms with Gasteiger partial charge in [-0.1, -0.05) is 18.2 Å². The molecule has 3 saturated heterocycles. The lowest BCUT2D eigenvalue weighted by Crippen LogP contribution is -2.46. The smallest absolute Gasteiger partial charge is 0.413 e. The topological polar surface area (TPSA) is 353 Å². The molecular weight excluding hydrogens is 1380 g/mol. The molecule has 7 N–H and O–H groups in total. The Morgan fingerprint density at radius 1 is 0.458 bits per heavy atom. The number of aromatic amines is 3. The number of nitrogens with zero attached hydrogens (tertiary/aromatic N) is 17. The molecule has 1 saturated carbocycles. The van der Waals surface area contributed by atoms with Crippen LogP contribution in [-0.2, 0) is 39.9 Å². The largest absolute Gasteiger partial charge is 0.450 e. The predicted molar refractivity (Wildman–Crippen MR) is 411 cm³/mol. The van der Waals surface area contributed by atoms with E-state index in [4.69, 9.17) is 19.4 Å². The second kappa shape index (κ2) is 34.2. The molecule has 0 radical (unpaired) electrons. The summed E-state index contributed by atoms with van der Waals surface area (Å²) >= 11 is 0. The van der Waals surface area contributed by atoms with E-state index < -0.39 is 23.0 Å². The fourth-order valence-corrected chi connectivity index (χ4v) is 14.1. The Balaban J connectivity index is 0.000000135. The Morgan fingerprint density at radius 2 is 0.822 bits per heavy atom. The van der Waals surface area contributed by atoms with Gasteiger partial charge in [0, 0.05) is 209 Å². The number of benzene rings is 3. The van der Waals surface area contributed by atoms with Gasteiger partial charge in [-0.25, -0.2) is 59.2 Å². The lowest BCUT2D eigenvalue weighted by atomic mass is 10.0. The zero-order valence-electron chi connectivity index (χ0n) is 60.0. The summed E-state index contributed by atoms with van der Waals surface area (Å²) in [5, 5.41) is 10.7. The third-order valence-corrected chi connectivity index (χ3v) is 20.0. The van der Waals surface area contributed by atoms with Crippen LogP contribution in [0.2, 0.25) is 0 Å². The summed E-state index contributed by atoms with van der Waals surface area (Å²) in [7, 11) is 1.47. The fraction of sp³-hybridized carbons (Fsp3) is 0.329. The van der Waals surface area contributed by atoms with Crippen LogP contribution in [0.1, 0.15) is 50.7 Å². The molecule has 4 amide bonds. The number of hydrogen-bond acceptors (Lipinski definition) is 23. The summed E-state index contributed by atoms with van der Waals surface area (Å²) in [5.74, 6) is 4.04. The van der Waals surface area contributed by atoms with Crippen molar-refractivity contribution in [3.63, 3.8) is 0 Å². The number of anilines is 3. The van der Waals surface area contributed by atoms with E-state index in [-0.39, 0.29) is 25.2 Å². The third-order valence-electron chi connectivity index (χ3n) is 18.7. The SMILES string of the molecule is CCNC(=O)Nc1nc2c(-c3ncccn3)cc(-c3ccc(CN4CCN(C5CC5)CC4)nc3)cc2[nH]1.CCOC(=O)Nc1nc2c(-c3ncccn3)cc(-c3ccc(CN4CCN(C)CC4)nc3)cc2[nH]1.CCOC(=O)Nc1nc2c(-c3ncccn3)cc(-c3ccc(CN4CCS(=O)CC4)nc3)cc2[nH]1. The maximum Gasteiger partial charge on any atom is 0.413 e. The maximum absolute atomic E-state index is 12.0. The first kappa shape index (κ1) is 72.5. The van der Waals surface area contributed by atoms with Gasteiger partial charge in [0.25, 0.3) is 0 Å². The molecule has 0 atom stereocenters. The molecule has 3 aromatic carbocycles. The van der Waals surface area contributed by atoms with E-state index in [9.17, 15) is 18.6 Å². The molecule has 4 fully saturated rings. The highest BCUT2D eigenvalue weighted by Gasteiger charge is 2.31. The monoisotopic (exact) mass is 1460 g/mol. The first-order chi connectivity index (χ1) is 52.3. The van der Waals surface area contributed by atoms with E-state index in [0.717, 1.165) is 186 Å². The molecule has 0 bridgehead atoms. The Morgan fingerprint density at radius 3 is 1.17 bits per heavy atom. The van der Waals surface area contributed by atoms with Crippen LogP contribution in [-0.4, -0.2) is 231 Å². The summed E-state index contributed by atoms with van der Waals surface area (Å²) in [6, 6.07) is 30.3. The minimum atomic E-state index is -0.691. The third kappa shape index (κ3) is 18.6. The minimum Gasteiger partial charge on any atom is -0.450 e. The van der Waals surface area contributed by atoms with Crippen LogP contribution in [0.15, 0.2) is 147 Å². The summed E-state index contributed by atoms with van der Waals surface area (Å²) in [5.41, 5.74) is 15.3. The molecule has 12 aromatic rings. The number of ether oxygens (including phenoxy) is 2. The average Bonchev–Trinajstić information content (AvgIpc) is 1.70. The van der Waals surface area contributed by atoms with Crippen molar-refractivity contribution < 1.29 is 28.1 Å². The quantitative estimate of drug-likeness (QED) is 0.0395. The summed E-state index contributed by atoms with van der Waals surface area (Å²) in [6.45, 7) is 19.3. The molecule has 30 nitrogen and oxygen atoms in total. The number of aromatic nitrogens is 15. The molecular formula is C76H84N24O6S. The van der Waals surface area contributed by atoms with Crippen molar-refractivity contribution in [2.24, 2.45) is 0 Å². The molecule has 16 rings (SSSR count). The van der Waals surface area contributed by atoms with Crippen molar-refractivity contribution in [3.8, 4) is 67.5 Å². The van der Waals surface area contributed by atoms with E-state index in [0.29, 0.717) is 52.5 Å². The van der Waals surface area contributed by atoms with E-state index in [1.165, 1.54) is 12.8 Å². The molecule has 0 unspecified atom stereocenters. The second-order valence-electron chi connectivity index (χ2n) is 26.3. The van der Waals surface area contributed by atoms with Gasteiger partial charge in [-0.3, -0.25) is 54.7 Å². The molecule has 0 spiro atoms. The molecule has 31 heteroatoms. The number of H-pyrrole nitrogens is 3. The van der Waals surface area contributed by atoms with Gasteiger partial charge in [-0.2, -0.15) is 0 Å². The Kier molecular flexibility index (Phi) is 23.1. The Hall–Kier alpha value is -11.5. The molecule has 4 aliphatic rings. The standard InChI is InChI=1S/C27H31N9O.C25H28N8O2.C24H25N7O3S/c1-2-28-27(37)34-26-32-23-15-19(14-22(24(23)33-26)25-29-8-3-9-30-25)18-4-5-20(31-16-18)17-35-10-12-36(13-11-35)21-6-7-21;1-3-35-25(34)31-24-29-21-14-18(13-20(22(21)30-24)23-26-7-4-8-27-23)17-5-6-19(28-15-17)16-33-11-9-32(2)10-12-33;1-2-34-24(32)30-23-28-20-13-17(12-19(21(20)29-23)22-25-6-3-7-26-22)16-4-5-18(27-14-16)15-31-8-10-35(33)11-9-31/h3-5,8-9,14-16,21H,2,6-7,10-13,17H2,1H3,(H3,28,32,33,34,37);4-8,13-15H,3,9-12,16H2,1-2H3,(H2,29,30,31,34);3-7,12-14H,2,8-11,15H2,1H3,(H2,28,29,30,32). The van der Waals surface area contributed by atoms with Gasteiger partial charge in [0.15, 0.2) is 17.5 Å². The van der Waals surface area contributed by atoms with Gasteiger partial charge >= 0.3 is 18.2 Å². The predicted octanol–water partition coefficient (Wildman–Crippen LogP) is 10.1. The number of fused-ring (bicyclic) bond motifs is 3. The molecule has 107 heavy (non-hydrogen) atoms. The number of imidazole rings is 3. The van der Waals surface area contributed by atoms with Gasteiger partial charge in [-0.15, -0.1) is 0 Å². The first-order valence-corrected chi connectivity index (χ1v) is 37.5. The fourth-order valence-electron chi connectivity index (χ4n) is 13.0. The van der Waals surface area contributed by atoms with Gasteiger partial charge in [0.1, 0.15) is 16.6 Å². The van der Waals surface area contributed by atoms with Gasteiger partial charge in [-0.05, 0) is 130 Å². The van der Waals surface area contributed by atoms with Crippen LogP contribution < -0.4 is 21.3 Å². The van der Waals surface area contributed by atoms with Crippen molar-refractivity contribution in [2.75, 3.05) is 120 Å². The van der Waals surface area contributed by atoms with Gasteiger partial charge in [0.2, 0.25) is 17.8 Å². The number of pyridine rings is 3. The normalized spacial score (nSPS) is 15.4. The second-order valence-corrected chi connectivity index (χ2v) is 28.0. The minimum absolute atomic E-state index is 0.263. The van der Waals surface area contributed by atoms with Crippen LogP contribution in [0, 0.1) is 0 Å². The number of carbonyl (C=O) groups excluding carboxylic acids is 3.